The van der Waals surface area contributed by atoms with Gasteiger partial charge >= 0.3 is 5.97 Å². The van der Waals surface area contributed by atoms with E-state index >= 15 is 0 Å². The third kappa shape index (κ3) is 20.5. The molecule has 0 radical (unpaired) electrons. The molecule has 6 aromatic carbocycles. The molecule has 0 atom stereocenters. The van der Waals surface area contributed by atoms with Crippen LogP contribution < -0.4 is 57.3 Å². The molecule has 0 saturated heterocycles. The van der Waals surface area contributed by atoms with Crippen LogP contribution in [0.4, 0.5) is 99.7 Å². The fourth-order valence-corrected chi connectivity index (χ4v) is 7.07. The summed E-state index contributed by atoms with van der Waals surface area (Å²) in [5.41, 5.74) is 5.05. The van der Waals surface area contributed by atoms with E-state index in [9.17, 15) is 37.5 Å². The Morgan fingerprint density at radius 2 is 0.761 bits per heavy atom. The Morgan fingerprint density at radius 3 is 1.08 bits per heavy atom. The summed E-state index contributed by atoms with van der Waals surface area (Å²) in [7, 11) is 0. The van der Waals surface area contributed by atoms with Gasteiger partial charge in [-0.15, -0.1) is 0 Å². The number of aliphatic hydroxyl groups is 1. The minimum absolute atomic E-state index is 0.0254. The molecule has 3 heterocycles. The highest BCUT2D eigenvalue weighted by Gasteiger charge is 2.13. The highest BCUT2D eigenvalue weighted by molar-refractivity contribution is 6.00. The van der Waals surface area contributed by atoms with Crippen molar-refractivity contribution in [1.29, 1.82) is 0 Å². The van der Waals surface area contributed by atoms with E-state index in [1.165, 1.54) is 12.1 Å². The zero-order valence-corrected chi connectivity index (χ0v) is 46.2. The molecule has 24 nitrogen and oxygen atoms in total. The molecule has 88 heavy (non-hydrogen) atoms. The number of amides is 3. The molecule has 0 saturated carbocycles. The minimum Gasteiger partial charge on any atom is -0.508 e. The molecule has 0 spiro atoms. The number of aromatic nitrogens is 6. The number of aromatic hydroxyl groups is 1. The molecule has 0 aliphatic heterocycles. The lowest BCUT2D eigenvalue weighted by Crippen LogP contribution is -2.09. The van der Waals surface area contributed by atoms with Crippen LogP contribution >= 0.6 is 0 Å². The van der Waals surface area contributed by atoms with Gasteiger partial charge in [0.1, 0.15) is 23.9 Å². The highest BCUT2D eigenvalue weighted by Crippen LogP contribution is 2.28. The standard InChI is InChI=1S/C21H18FN5O4.C21H20FN5O3.C19H16FN5O2/c1-2-18(28)24-14-4-3-5-15(10-14)25-20-17(22)11-23-21(27-20)26-13-6-8-16(9-7-13)31-12-19(29)30;1-2-19(29)24-15-4-3-5-16(12-15)25-20-18(22)13-23-21(27-20)26-14-6-8-17(9-7-14)30-11-10-28;1-2-17(27)22-13-4-3-5-14(10-13)23-18-16(20)11-21-19(25-18)24-12-6-8-15(26)9-7-12/h2-11H,1,12H2,(H,24,28)(H,29,30)(H2,23,25,26,27);2-9,12-13,28H,1,10-11H2,(H,24,29)(H2,23,25,26,27);2-11,26H,1H2,(H,22,27)(H2,21,23,24,25). The number of halogens is 3. The predicted molar refractivity (Wildman–Crippen MR) is 328 cm³/mol. The van der Waals surface area contributed by atoms with E-state index in [0.29, 0.717) is 62.7 Å². The van der Waals surface area contributed by atoms with E-state index in [1.807, 2.05) is 0 Å². The number of nitrogens with zero attached hydrogens (tertiary/aromatic N) is 6. The molecule has 3 amide bonds. The molecule has 0 fully saturated rings. The van der Waals surface area contributed by atoms with Gasteiger partial charge in [-0.25, -0.2) is 32.9 Å². The van der Waals surface area contributed by atoms with E-state index in [0.717, 1.165) is 36.8 Å². The molecule has 448 valence electrons. The summed E-state index contributed by atoms with van der Waals surface area (Å²) in [5.74, 6) is -2.53. The van der Waals surface area contributed by atoms with Crippen LogP contribution in [0.25, 0.3) is 0 Å². The zero-order chi connectivity index (χ0) is 62.8. The van der Waals surface area contributed by atoms with Crippen LogP contribution in [0.2, 0.25) is 0 Å². The number of hydrogen-bond donors (Lipinski definition) is 12. The van der Waals surface area contributed by atoms with E-state index in [4.69, 9.17) is 19.7 Å². The summed E-state index contributed by atoms with van der Waals surface area (Å²) in [5, 5.41) is 52.0. The third-order valence-corrected chi connectivity index (χ3v) is 11.0. The molecule has 0 bridgehead atoms. The van der Waals surface area contributed by atoms with Crippen LogP contribution in [0.1, 0.15) is 0 Å². The number of carboxylic acid groups (broad SMARTS) is 1. The van der Waals surface area contributed by atoms with Crippen LogP contribution in [-0.2, 0) is 19.2 Å². The average molecular weight is 1200 g/mol. The quantitative estimate of drug-likeness (QED) is 0.0197. The smallest absolute Gasteiger partial charge is 0.341 e. The lowest BCUT2D eigenvalue weighted by atomic mass is 10.2. The highest BCUT2D eigenvalue weighted by atomic mass is 19.1. The molecular formula is C61H54F3N15O9. The molecule has 9 aromatic rings. The van der Waals surface area contributed by atoms with Crippen LogP contribution in [0.3, 0.4) is 0 Å². The topological polar surface area (TPSA) is 333 Å². The first-order chi connectivity index (χ1) is 42.5. The Hall–Kier alpha value is -12.4. The zero-order valence-electron chi connectivity index (χ0n) is 46.2. The molecular weight excluding hydrogens is 1140 g/mol. The van der Waals surface area contributed by atoms with Crippen molar-refractivity contribution in [3.05, 3.63) is 220 Å². The minimum atomic E-state index is -1.07. The van der Waals surface area contributed by atoms with Crippen LogP contribution in [0, 0.1) is 17.5 Å². The van der Waals surface area contributed by atoms with Gasteiger partial charge in [-0.3, -0.25) is 14.4 Å². The summed E-state index contributed by atoms with van der Waals surface area (Å²) >= 11 is 0. The van der Waals surface area contributed by atoms with Gasteiger partial charge in [0.05, 0.1) is 25.2 Å². The second-order valence-electron chi connectivity index (χ2n) is 17.6. The predicted octanol–water partition coefficient (Wildman–Crippen LogP) is 11.2. The number of phenolic OH excluding ortho intramolecular Hbond substituents is 1. The lowest BCUT2D eigenvalue weighted by Gasteiger charge is -2.11. The van der Waals surface area contributed by atoms with Crippen molar-refractivity contribution >= 4 is 110 Å². The largest absolute Gasteiger partial charge is 0.508 e. The summed E-state index contributed by atoms with van der Waals surface area (Å²) in [4.78, 5) is 69.0. The van der Waals surface area contributed by atoms with Gasteiger partial charge in [0.2, 0.25) is 35.6 Å². The first kappa shape index (κ1) is 63.2. The first-order valence-electron chi connectivity index (χ1n) is 25.9. The van der Waals surface area contributed by atoms with Gasteiger partial charge in [-0.05, 0) is 146 Å². The second-order valence-corrected chi connectivity index (χ2v) is 17.6. The fourth-order valence-electron chi connectivity index (χ4n) is 7.07. The van der Waals surface area contributed by atoms with Crippen LogP contribution in [0.15, 0.2) is 202 Å². The maximum absolute atomic E-state index is 14.2. The Balaban J connectivity index is 0.000000189. The van der Waals surface area contributed by atoms with Crippen LogP contribution in [0.5, 0.6) is 17.2 Å². The summed E-state index contributed by atoms with van der Waals surface area (Å²) < 4.78 is 52.8. The molecule has 9 rings (SSSR count). The molecule has 3 aromatic heterocycles. The number of aliphatic hydroxyl groups excluding tert-OH is 1. The molecule has 0 unspecified atom stereocenters. The van der Waals surface area contributed by atoms with Crippen molar-refractivity contribution in [2.75, 3.05) is 67.7 Å². The molecule has 12 N–H and O–H groups in total. The maximum Gasteiger partial charge on any atom is 0.341 e. The van der Waals surface area contributed by atoms with E-state index < -0.39 is 30.0 Å². The number of nitrogens with one attached hydrogen (secondary N) is 9. The Bertz CT molecular complexity index is 3910. The monoisotopic (exact) mass is 1200 g/mol. The van der Waals surface area contributed by atoms with Gasteiger partial charge in [0.25, 0.3) is 0 Å². The summed E-state index contributed by atoms with van der Waals surface area (Å²) in [6, 6.07) is 39.9. The number of phenols is 1. The second kappa shape index (κ2) is 31.9. The molecule has 0 aliphatic rings. The maximum atomic E-state index is 14.2. The van der Waals surface area contributed by atoms with Crippen molar-refractivity contribution in [1.82, 2.24) is 29.9 Å². The number of ether oxygens (including phenoxy) is 2. The van der Waals surface area contributed by atoms with E-state index in [1.54, 1.807) is 133 Å². The summed E-state index contributed by atoms with van der Waals surface area (Å²) in [6.45, 7) is 9.89. The first-order valence-corrected chi connectivity index (χ1v) is 25.9. The number of rotatable bonds is 24. The fraction of sp³-hybridized carbons (Fsp3) is 0.0492. The van der Waals surface area contributed by atoms with Gasteiger partial charge in [0.15, 0.2) is 41.5 Å². The number of carbonyl (C=O) groups excluding carboxylic acids is 3. The van der Waals surface area contributed by atoms with Crippen molar-refractivity contribution in [3.8, 4) is 17.2 Å². The normalized spacial score (nSPS) is 10.1. The Kier molecular flexibility index (Phi) is 22.9. The van der Waals surface area contributed by atoms with Crippen molar-refractivity contribution in [2.45, 2.75) is 0 Å². The molecule has 0 aliphatic carbocycles. The molecule has 27 heteroatoms. The van der Waals surface area contributed by atoms with Gasteiger partial charge < -0.3 is 72.6 Å². The Labute approximate surface area is 500 Å². The van der Waals surface area contributed by atoms with Crippen LogP contribution in [-0.4, -0.2) is 88.7 Å². The number of aliphatic carboxylic acids is 1. The number of hydrogen-bond acceptors (Lipinski definition) is 20. The van der Waals surface area contributed by atoms with Crippen molar-refractivity contribution in [2.24, 2.45) is 0 Å². The van der Waals surface area contributed by atoms with Crippen molar-refractivity contribution in [3.63, 3.8) is 0 Å². The number of carboxylic acids is 1. The van der Waals surface area contributed by atoms with Gasteiger partial charge in [0, 0.05) is 51.2 Å². The SMILES string of the molecule is C=CC(=O)Nc1cccc(Nc2nc(Nc3ccc(O)cc3)ncc2F)c1.C=CC(=O)Nc1cccc(Nc2nc(Nc3ccc(OCC(=O)O)cc3)ncc2F)c1.C=CC(=O)Nc1cccc(Nc2nc(Nc3ccc(OCCO)cc3)ncc2F)c1. The van der Waals surface area contributed by atoms with Gasteiger partial charge in [-0.2, -0.15) is 15.0 Å². The average Bonchev–Trinajstić information content (AvgIpc) is 3.03. The van der Waals surface area contributed by atoms with E-state index in [2.05, 4.69) is 97.5 Å². The number of benzene rings is 6. The Morgan fingerprint density at radius 1 is 0.443 bits per heavy atom. The third-order valence-electron chi connectivity index (χ3n) is 11.0. The number of carbonyl (C=O) groups is 4. The summed E-state index contributed by atoms with van der Waals surface area (Å²) in [6.07, 6.45) is 6.58. The lowest BCUT2D eigenvalue weighted by molar-refractivity contribution is -0.139. The van der Waals surface area contributed by atoms with Crippen molar-refractivity contribution < 1.29 is 57.1 Å². The number of anilines is 15. The van der Waals surface area contributed by atoms with E-state index in [-0.39, 0.29) is 72.0 Å². The van der Waals surface area contributed by atoms with Gasteiger partial charge in [-0.1, -0.05) is 37.9 Å².